The van der Waals surface area contributed by atoms with E-state index in [1.54, 1.807) is 46.2 Å². The Labute approximate surface area is 297 Å². The van der Waals surface area contributed by atoms with Crippen LogP contribution in [-0.4, -0.2) is 52.2 Å². The predicted octanol–water partition coefficient (Wildman–Crippen LogP) is 6.25. The summed E-state index contributed by atoms with van der Waals surface area (Å²) in [5, 5.41) is 16.0. The van der Waals surface area contributed by atoms with Crippen LogP contribution in [-0.2, 0) is 30.4 Å². The Bertz CT molecular complexity index is 1740. The number of hydrogen-bond acceptors (Lipinski definition) is 5. The number of nitrogens with one attached hydrogen (secondary N) is 2. The Kier molecular flexibility index (Phi) is 11.7. The van der Waals surface area contributed by atoms with Crippen molar-refractivity contribution >= 4 is 53.0 Å². The second-order valence-electron chi connectivity index (χ2n) is 13.0. The van der Waals surface area contributed by atoms with Gasteiger partial charge in [0.2, 0.25) is 17.7 Å². The van der Waals surface area contributed by atoms with Crippen LogP contribution in [0.4, 0.5) is 5.69 Å². The van der Waals surface area contributed by atoms with E-state index in [4.69, 9.17) is 11.6 Å². The first-order valence-electron chi connectivity index (χ1n) is 17.1. The van der Waals surface area contributed by atoms with E-state index < -0.39 is 23.6 Å². The molecular formula is C39H43ClN4O6. The van der Waals surface area contributed by atoms with Gasteiger partial charge in [-0.05, 0) is 72.7 Å². The van der Waals surface area contributed by atoms with Crippen molar-refractivity contribution in [1.29, 1.82) is 0 Å². The molecule has 3 aromatic rings. The molecule has 0 aromatic heterocycles. The first-order valence-corrected chi connectivity index (χ1v) is 17.5. The Morgan fingerprint density at radius 3 is 2.22 bits per heavy atom. The molecule has 50 heavy (non-hydrogen) atoms. The molecule has 1 saturated heterocycles. The molecule has 3 aromatic carbocycles. The minimum Gasteiger partial charge on any atom is -0.477 e. The highest BCUT2D eigenvalue weighted by Crippen LogP contribution is 2.42. The summed E-state index contributed by atoms with van der Waals surface area (Å²) < 4.78 is 0. The van der Waals surface area contributed by atoms with Gasteiger partial charge in [-0.1, -0.05) is 86.0 Å². The van der Waals surface area contributed by atoms with Crippen molar-refractivity contribution in [2.75, 3.05) is 11.4 Å². The molecule has 10 nitrogen and oxygen atoms in total. The van der Waals surface area contributed by atoms with E-state index in [0.29, 0.717) is 54.9 Å². The maximum absolute atomic E-state index is 14.4. The van der Waals surface area contributed by atoms with Gasteiger partial charge in [-0.2, -0.15) is 0 Å². The Morgan fingerprint density at radius 2 is 1.62 bits per heavy atom. The zero-order valence-electron chi connectivity index (χ0n) is 28.4. The lowest BCUT2D eigenvalue weighted by Gasteiger charge is -2.32. The number of hydrogen-bond donors (Lipinski definition) is 3. The Hall–Kier alpha value is -4.96. The third kappa shape index (κ3) is 8.25. The van der Waals surface area contributed by atoms with Gasteiger partial charge in [-0.25, -0.2) is 4.79 Å². The monoisotopic (exact) mass is 698 g/mol. The highest BCUT2D eigenvalue weighted by atomic mass is 35.5. The van der Waals surface area contributed by atoms with E-state index in [1.165, 1.54) is 13.0 Å². The number of nitrogens with zero attached hydrogens (tertiary/aromatic N) is 2. The van der Waals surface area contributed by atoms with Crippen LogP contribution in [0.3, 0.4) is 0 Å². The van der Waals surface area contributed by atoms with Gasteiger partial charge in [-0.15, -0.1) is 0 Å². The molecule has 0 spiro atoms. The number of amides is 4. The van der Waals surface area contributed by atoms with Gasteiger partial charge in [-0.3, -0.25) is 24.1 Å². The molecule has 262 valence electrons. The van der Waals surface area contributed by atoms with Crippen LogP contribution in [0.2, 0.25) is 5.02 Å². The number of benzene rings is 3. The fourth-order valence-electron chi connectivity index (χ4n) is 7.01. The molecule has 4 amide bonds. The number of anilines is 1. The first kappa shape index (κ1) is 36.3. The van der Waals surface area contributed by atoms with Crippen LogP contribution in [0.15, 0.2) is 84.6 Å². The summed E-state index contributed by atoms with van der Waals surface area (Å²) in [4.78, 5) is 68.6. The fraction of sp³-hybridized carbons (Fsp3) is 0.359. The summed E-state index contributed by atoms with van der Waals surface area (Å²) in [5.74, 6) is -2.22. The lowest BCUT2D eigenvalue weighted by molar-refractivity contribution is -0.137. The molecular weight excluding hydrogens is 656 g/mol. The topological polar surface area (TPSA) is 136 Å². The number of aliphatic carboxylic acids is 1. The Morgan fingerprint density at radius 1 is 0.960 bits per heavy atom. The molecule has 0 radical (unpaired) electrons. The van der Waals surface area contributed by atoms with E-state index in [-0.39, 0.29) is 35.7 Å². The molecule has 1 aliphatic carbocycles. The highest BCUT2D eigenvalue weighted by molar-refractivity contribution is 6.30. The molecule has 11 heteroatoms. The van der Waals surface area contributed by atoms with Crippen molar-refractivity contribution < 1.29 is 29.1 Å². The SMILES string of the molecule is CCCC(=O)N1C(Cc2ccccc2)C(=O)N(c2ccc(C=C(NC(=O)C3(CCNC(C)=O)CCCC3)C(=O)O)cc2)C1c1ccc(Cl)cc1. The number of carbonyl (C=O) groups excluding carboxylic acids is 4. The molecule has 3 N–H and O–H groups in total. The largest absolute Gasteiger partial charge is 0.477 e. The standard InChI is InChI=1S/C39H43ClN4O6/c1-3-9-34(46)44-33(25-27-10-5-4-6-11-27)36(47)43(35(44)29-14-16-30(40)17-15-29)31-18-12-28(13-19-31)24-32(37(48)49)42-38(50)39(20-7-8-21-39)22-23-41-26(2)45/h4-6,10-19,24,33,35H,3,7-9,20-23,25H2,1-2H3,(H,41,45)(H,42,50)(H,48,49). The molecule has 0 bridgehead atoms. The van der Waals surface area contributed by atoms with Crippen molar-refractivity contribution in [3.8, 4) is 0 Å². The van der Waals surface area contributed by atoms with Crippen molar-refractivity contribution in [2.24, 2.45) is 5.41 Å². The Balaban J connectivity index is 1.46. The van der Waals surface area contributed by atoms with Crippen molar-refractivity contribution in [3.05, 3.63) is 106 Å². The van der Waals surface area contributed by atoms with Crippen LogP contribution in [0.25, 0.3) is 6.08 Å². The molecule has 1 aliphatic heterocycles. The summed E-state index contributed by atoms with van der Waals surface area (Å²) in [6, 6.07) is 22.7. The summed E-state index contributed by atoms with van der Waals surface area (Å²) in [6.07, 6.45) is 5.23. The highest BCUT2D eigenvalue weighted by Gasteiger charge is 2.49. The number of halogens is 1. The third-order valence-corrected chi connectivity index (χ3v) is 9.79. The van der Waals surface area contributed by atoms with Gasteiger partial charge < -0.3 is 20.6 Å². The van der Waals surface area contributed by atoms with E-state index >= 15 is 0 Å². The summed E-state index contributed by atoms with van der Waals surface area (Å²) in [7, 11) is 0. The van der Waals surface area contributed by atoms with Gasteiger partial charge in [0.25, 0.3) is 5.91 Å². The van der Waals surface area contributed by atoms with Crippen LogP contribution in [0.5, 0.6) is 0 Å². The number of carbonyl (C=O) groups is 5. The van der Waals surface area contributed by atoms with Crippen LogP contribution in [0, 0.1) is 5.41 Å². The van der Waals surface area contributed by atoms with Crippen LogP contribution >= 0.6 is 11.6 Å². The zero-order chi connectivity index (χ0) is 35.8. The minimum atomic E-state index is -1.29. The minimum absolute atomic E-state index is 0.136. The van der Waals surface area contributed by atoms with E-state index in [2.05, 4.69) is 10.6 Å². The zero-order valence-corrected chi connectivity index (χ0v) is 29.1. The maximum Gasteiger partial charge on any atom is 0.352 e. The molecule has 5 rings (SSSR count). The van der Waals surface area contributed by atoms with Gasteiger partial charge in [0, 0.05) is 37.0 Å². The van der Waals surface area contributed by atoms with Gasteiger partial charge >= 0.3 is 5.97 Å². The molecule has 2 atom stereocenters. The first-order chi connectivity index (χ1) is 24.0. The fourth-order valence-corrected chi connectivity index (χ4v) is 7.13. The van der Waals surface area contributed by atoms with E-state index in [1.807, 2.05) is 49.4 Å². The quantitative estimate of drug-likeness (QED) is 0.181. The van der Waals surface area contributed by atoms with Crippen LogP contribution in [0.1, 0.15) is 81.6 Å². The average Bonchev–Trinajstić information content (AvgIpc) is 3.69. The molecule has 1 saturated carbocycles. The predicted molar refractivity (Wildman–Crippen MR) is 192 cm³/mol. The third-order valence-electron chi connectivity index (χ3n) is 9.54. The maximum atomic E-state index is 14.4. The number of carboxylic acid groups (broad SMARTS) is 1. The summed E-state index contributed by atoms with van der Waals surface area (Å²) >= 11 is 6.23. The molecule has 2 fully saturated rings. The van der Waals surface area contributed by atoms with Crippen molar-refractivity contribution in [3.63, 3.8) is 0 Å². The van der Waals surface area contributed by atoms with Crippen LogP contribution < -0.4 is 15.5 Å². The van der Waals surface area contributed by atoms with Gasteiger partial charge in [0.15, 0.2) is 0 Å². The molecule has 2 aliphatic rings. The average molecular weight is 699 g/mol. The second-order valence-corrected chi connectivity index (χ2v) is 13.5. The number of rotatable bonds is 13. The lowest BCUT2D eigenvalue weighted by atomic mass is 9.81. The number of carboxylic acids is 1. The lowest BCUT2D eigenvalue weighted by Crippen LogP contribution is -2.42. The molecule has 1 heterocycles. The summed E-state index contributed by atoms with van der Waals surface area (Å²) in [6.45, 7) is 3.67. The van der Waals surface area contributed by atoms with Gasteiger partial charge in [0.1, 0.15) is 17.9 Å². The van der Waals surface area contributed by atoms with E-state index in [9.17, 15) is 29.1 Å². The van der Waals surface area contributed by atoms with Crippen molar-refractivity contribution in [1.82, 2.24) is 15.5 Å². The van der Waals surface area contributed by atoms with Gasteiger partial charge in [0.05, 0.1) is 5.41 Å². The second kappa shape index (κ2) is 16.2. The normalized spacial score (nSPS) is 18.6. The smallest absolute Gasteiger partial charge is 0.352 e. The van der Waals surface area contributed by atoms with E-state index in [0.717, 1.165) is 24.0 Å². The molecule has 2 unspecified atom stereocenters. The van der Waals surface area contributed by atoms with Crippen molar-refractivity contribution in [2.45, 2.75) is 77.4 Å². The summed E-state index contributed by atoms with van der Waals surface area (Å²) in [5.41, 5.74) is 1.65.